The summed E-state index contributed by atoms with van der Waals surface area (Å²) in [7, 11) is 1.91. The molecular weight excluding hydrogens is 216 g/mol. The van der Waals surface area contributed by atoms with Gasteiger partial charge in [-0.25, -0.2) is 0 Å². The Morgan fingerprint density at radius 2 is 2.12 bits per heavy atom. The number of aryl methyl sites for hydroxylation is 1. The number of nitrogens with zero attached hydrogens (tertiary/aromatic N) is 1. The van der Waals surface area contributed by atoms with Gasteiger partial charge in [0.05, 0.1) is 12.3 Å². The van der Waals surface area contributed by atoms with E-state index in [2.05, 4.69) is 10.3 Å². The molecule has 4 nitrogen and oxygen atoms in total. The van der Waals surface area contributed by atoms with Crippen LogP contribution in [-0.4, -0.2) is 31.9 Å². The Hall–Kier alpha value is -1.13. The van der Waals surface area contributed by atoms with Crippen LogP contribution in [0, 0.1) is 6.92 Å². The van der Waals surface area contributed by atoms with Gasteiger partial charge >= 0.3 is 0 Å². The summed E-state index contributed by atoms with van der Waals surface area (Å²) in [5.74, 6) is 0.862. The highest BCUT2D eigenvalue weighted by Gasteiger charge is 2.04. The molecule has 0 saturated carbocycles. The second-order valence-electron chi connectivity index (χ2n) is 3.83. The molecule has 0 fully saturated rings. The minimum atomic E-state index is 0.668. The zero-order valence-electron chi connectivity index (χ0n) is 11.0. The van der Waals surface area contributed by atoms with Crippen molar-refractivity contribution in [2.45, 2.75) is 26.8 Å². The number of hydrogen-bond acceptors (Lipinski definition) is 4. The smallest absolute Gasteiger partial charge is 0.142 e. The summed E-state index contributed by atoms with van der Waals surface area (Å²) >= 11 is 0. The Balaban J connectivity index is 2.45. The molecule has 1 heterocycles. The Labute approximate surface area is 103 Å². The van der Waals surface area contributed by atoms with Crippen LogP contribution in [0.3, 0.4) is 0 Å². The normalized spacial score (nSPS) is 10.5. The van der Waals surface area contributed by atoms with E-state index < -0.39 is 0 Å². The molecule has 96 valence electrons. The fourth-order valence-electron chi connectivity index (χ4n) is 1.51. The minimum absolute atomic E-state index is 0.668. The fourth-order valence-corrected chi connectivity index (χ4v) is 1.51. The first kappa shape index (κ1) is 13.9. The molecule has 0 unspecified atom stereocenters. The molecule has 0 aliphatic heterocycles. The molecule has 1 rings (SSSR count). The van der Waals surface area contributed by atoms with Crippen LogP contribution in [0.2, 0.25) is 0 Å². The van der Waals surface area contributed by atoms with Gasteiger partial charge in [-0.1, -0.05) is 0 Å². The Morgan fingerprint density at radius 3 is 2.82 bits per heavy atom. The topological polar surface area (TPSA) is 43.4 Å². The molecule has 0 aromatic carbocycles. The van der Waals surface area contributed by atoms with E-state index in [0.717, 1.165) is 43.3 Å². The van der Waals surface area contributed by atoms with Gasteiger partial charge in [0, 0.05) is 31.9 Å². The predicted molar refractivity (Wildman–Crippen MR) is 68.3 cm³/mol. The van der Waals surface area contributed by atoms with Gasteiger partial charge in [0.1, 0.15) is 5.75 Å². The number of hydrogen-bond donors (Lipinski definition) is 1. The molecule has 0 aliphatic rings. The number of nitrogens with one attached hydrogen (secondary N) is 1. The number of aromatic nitrogens is 1. The van der Waals surface area contributed by atoms with Gasteiger partial charge in [-0.15, -0.1) is 0 Å². The van der Waals surface area contributed by atoms with E-state index >= 15 is 0 Å². The van der Waals surface area contributed by atoms with Gasteiger partial charge in [-0.2, -0.15) is 0 Å². The van der Waals surface area contributed by atoms with Gasteiger partial charge in [-0.3, -0.25) is 4.98 Å². The van der Waals surface area contributed by atoms with Crippen molar-refractivity contribution in [3.05, 3.63) is 23.5 Å². The molecule has 0 saturated heterocycles. The summed E-state index contributed by atoms with van der Waals surface area (Å²) < 4.78 is 11.0. The highest BCUT2D eigenvalue weighted by atomic mass is 16.5. The van der Waals surface area contributed by atoms with Crippen LogP contribution in [0.25, 0.3) is 0 Å². The van der Waals surface area contributed by atoms with Gasteiger partial charge in [0.2, 0.25) is 0 Å². The molecule has 0 spiro atoms. The summed E-state index contributed by atoms with van der Waals surface area (Å²) in [6.07, 6.45) is 0.903. The van der Waals surface area contributed by atoms with Crippen LogP contribution in [-0.2, 0) is 11.3 Å². The molecule has 0 amide bonds. The van der Waals surface area contributed by atoms with Gasteiger partial charge in [0.25, 0.3) is 0 Å². The number of rotatable bonds is 8. The quantitative estimate of drug-likeness (QED) is 0.703. The zero-order valence-corrected chi connectivity index (χ0v) is 11.0. The molecular formula is C13H22N2O2. The highest BCUT2D eigenvalue weighted by molar-refractivity contribution is 5.29. The predicted octanol–water partition coefficient (Wildman–Crippen LogP) is 1.91. The third-order valence-electron chi connectivity index (χ3n) is 2.31. The van der Waals surface area contributed by atoms with Crippen molar-refractivity contribution in [3.63, 3.8) is 0 Å². The lowest BCUT2D eigenvalue weighted by atomic mass is 10.3. The van der Waals surface area contributed by atoms with Crippen LogP contribution in [0.15, 0.2) is 12.1 Å². The van der Waals surface area contributed by atoms with E-state index in [1.54, 1.807) is 0 Å². The van der Waals surface area contributed by atoms with Crippen LogP contribution in [0.5, 0.6) is 5.75 Å². The molecule has 0 atom stereocenters. The summed E-state index contributed by atoms with van der Waals surface area (Å²) in [6, 6.07) is 3.95. The van der Waals surface area contributed by atoms with Gasteiger partial charge in [-0.05, 0) is 33.0 Å². The first-order valence-electron chi connectivity index (χ1n) is 6.09. The highest BCUT2D eigenvalue weighted by Crippen LogP contribution is 2.16. The van der Waals surface area contributed by atoms with Crippen LogP contribution >= 0.6 is 0 Å². The van der Waals surface area contributed by atoms with E-state index in [4.69, 9.17) is 9.47 Å². The monoisotopic (exact) mass is 238 g/mol. The van der Waals surface area contributed by atoms with Crippen molar-refractivity contribution >= 4 is 0 Å². The Kier molecular flexibility index (Phi) is 6.58. The summed E-state index contributed by atoms with van der Waals surface area (Å²) in [5, 5.41) is 3.10. The van der Waals surface area contributed by atoms with Gasteiger partial charge < -0.3 is 14.8 Å². The fraction of sp³-hybridized carbons (Fsp3) is 0.615. The molecule has 17 heavy (non-hydrogen) atoms. The van der Waals surface area contributed by atoms with E-state index in [9.17, 15) is 0 Å². The molecule has 0 aliphatic carbocycles. The lowest BCUT2D eigenvalue weighted by Crippen LogP contribution is -2.11. The first-order valence-corrected chi connectivity index (χ1v) is 6.09. The average molecular weight is 238 g/mol. The van der Waals surface area contributed by atoms with Crippen molar-refractivity contribution in [1.82, 2.24) is 10.3 Å². The van der Waals surface area contributed by atoms with Crippen LogP contribution in [0.4, 0.5) is 0 Å². The molecule has 0 bridgehead atoms. The standard InChI is InChI=1S/C13H22N2O2/c1-4-16-8-5-9-17-13-7-6-11(2)15-12(13)10-14-3/h6-7,14H,4-5,8-10H2,1-3H3. The molecule has 4 heteroatoms. The van der Waals surface area contributed by atoms with E-state index in [1.807, 2.05) is 33.0 Å². The molecule has 1 aromatic heterocycles. The Bertz CT molecular complexity index is 329. The van der Waals surface area contributed by atoms with E-state index in [1.165, 1.54) is 0 Å². The molecule has 0 radical (unpaired) electrons. The largest absolute Gasteiger partial charge is 0.492 e. The van der Waals surface area contributed by atoms with E-state index in [0.29, 0.717) is 6.61 Å². The lowest BCUT2D eigenvalue weighted by molar-refractivity contribution is 0.130. The van der Waals surface area contributed by atoms with Crippen molar-refractivity contribution in [2.24, 2.45) is 0 Å². The zero-order chi connectivity index (χ0) is 12.5. The maximum absolute atomic E-state index is 5.71. The van der Waals surface area contributed by atoms with Crippen molar-refractivity contribution in [2.75, 3.05) is 26.9 Å². The maximum atomic E-state index is 5.71. The molecule has 1 N–H and O–H groups in total. The first-order chi connectivity index (χ1) is 8.27. The SMILES string of the molecule is CCOCCCOc1ccc(C)nc1CNC. The second-order valence-corrected chi connectivity index (χ2v) is 3.83. The average Bonchev–Trinajstić information content (AvgIpc) is 2.32. The Morgan fingerprint density at radius 1 is 1.29 bits per heavy atom. The maximum Gasteiger partial charge on any atom is 0.142 e. The number of ether oxygens (including phenoxy) is 2. The van der Waals surface area contributed by atoms with Crippen molar-refractivity contribution in [3.8, 4) is 5.75 Å². The van der Waals surface area contributed by atoms with Crippen LogP contribution < -0.4 is 10.1 Å². The van der Waals surface area contributed by atoms with Crippen molar-refractivity contribution < 1.29 is 9.47 Å². The molecule has 1 aromatic rings. The van der Waals surface area contributed by atoms with Crippen LogP contribution in [0.1, 0.15) is 24.7 Å². The van der Waals surface area contributed by atoms with Gasteiger partial charge in [0.15, 0.2) is 0 Å². The third-order valence-corrected chi connectivity index (χ3v) is 2.31. The summed E-state index contributed by atoms with van der Waals surface area (Å²) in [6.45, 7) is 6.88. The minimum Gasteiger partial charge on any atom is -0.492 e. The van der Waals surface area contributed by atoms with E-state index in [-0.39, 0.29) is 0 Å². The lowest BCUT2D eigenvalue weighted by Gasteiger charge is -2.11. The second kappa shape index (κ2) is 8.03. The number of pyridine rings is 1. The third kappa shape index (κ3) is 5.15. The van der Waals surface area contributed by atoms with Crippen molar-refractivity contribution in [1.29, 1.82) is 0 Å². The summed E-state index contributed by atoms with van der Waals surface area (Å²) in [4.78, 5) is 4.46. The summed E-state index contributed by atoms with van der Waals surface area (Å²) in [5.41, 5.74) is 1.97.